The predicted octanol–water partition coefficient (Wildman–Crippen LogP) is 2.68. The fourth-order valence-corrected chi connectivity index (χ4v) is 4.25. The SMILES string of the molecule is CCNC(=O)Nc1ccc(-c2nc3c(c(N4C[C@H]5CC[C@@H](C4)O5)n2)COC3)cc1. The molecule has 2 bridgehead atoms. The lowest BCUT2D eigenvalue weighted by Crippen LogP contribution is -2.43. The molecule has 3 aliphatic heterocycles. The third kappa shape index (κ3) is 3.65. The molecule has 3 aliphatic rings. The molecule has 5 rings (SSSR count). The number of hydrogen-bond acceptors (Lipinski definition) is 6. The molecule has 2 saturated heterocycles. The van der Waals surface area contributed by atoms with Crippen LogP contribution in [0, 0.1) is 0 Å². The zero-order valence-corrected chi connectivity index (χ0v) is 16.5. The number of benzene rings is 1. The summed E-state index contributed by atoms with van der Waals surface area (Å²) in [6.07, 6.45) is 2.84. The second kappa shape index (κ2) is 7.61. The maximum absolute atomic E-state index is 11.7. The molecule has 4 heterocycles. The van der Waals surface area contributed by atoms with Gasteiger partial charge < -0.3 is 25.0 Å². The number of carbonyl (C=O) groups excluding carboxylic acids is 1. The summed E-state index contributed by atoms with van der Waals surface area (Å²) < 4.78 is 11.7. The number of rotatable bonds is 4. The van der Waals surface area contributed by atoms with Crippen molar-refractivity contribution < 1.29 is 14.3 Å². The standard InChI is InChI=1S/C21H25N5O3/c1-2-22-21(27)23-14-5-3-13(4-6-14)19-24-18-12-28-11-17(18)20(25-19)26-9-15-7-8-16(10-26)29-15/h3-6,15-16H,2,7-12H2,1H3,(H2,22,23,27)/t15-,16+. The number of nitrogens with one attached hydrogen (secondary N) is 2. The molecule has 0 saturated carbocycles. The highest BCUT2D eigenvalue weighted by atomic mass is 16.5. The van der Waals surface area contributed by atoms with Crippen LogP contribution >= 0.6 is 0 Å². The van der Waals surface area contributed by atoms with Crippen LogP contribution in [0.5, 0.6) is 0 Å². The van der Waals surface area contributed by atoms with Crippen LogP contribution in [0.15, 0.2) is 24.3 Å². The zero-order valence-electron chi connectivity index (χ0n) is 16.5. The van der Waals surface area contributed by atoms with Gasteiger partial charge in [0, 0.05) is 36.4 Å². The van der Waals surface area contributed by atoms with Gasteiger partial charge >= 0.3 is 6.03 Å². The van der Waals surface area contributed by atoms with Crippen molar-refractivity contribution in [1.82, 2.24) is 15.3 Å². The van der Waals surface area contributed by atoms with Crippen LogP contribution in [0.25, 0.3) is 11.4 Å². The smallest absolute Gasteiger partial charge is 0.319 e. The van der Waals surface area contributed by atoms with Gasteiger partial charge in [-0.25, -0.2) is 14.8 Å². The molecule has 2 aromatic rings. The number of morpholine rings is 1. The molecule has 2 amide bonds. The molecule has 1 aromatic carbocycles. The van der Waals surface area contributed by atoms with Gasteiger partial charge in [0.05, 0.1) is 31.1 Å². The third-order valence-corrected chi connectivity index (χ3v) is 5.64. The van der Waals surface area contributed by atoms with Crippen LogP contribution in [0.4, 0.5) is 16.3 Å². The zero-order chi connectivity index (χ0) is 19.8. The molecule has 8 nitrogen and oxygen atoms in total. The fourth-order valence-electron chi connectivity index (χ4n) is 4.25. The number of aromatic nitrogens is 2. The van der Waals surface area contributed by atoms with Crippen molar-refractivity contribution in [3.8, 4) is 11.4 Å². The molecule has 2 fully saturated rings. The lowest BCUT2D eigenvalue weighted by molar-refractivity contribution is 0.0301. The number of anilines is 2. The number of ether oxygens (including phenoxy) is 2. The van der Waals surface area contributed by atoms with Crippen molar-refractivity contribution in [3.63, 3.8) is 0 Å². The van der Waals surface area contributed by atoms with E-state index in [1.54, 1.807) is 0 Å². The van der Waals surface area contributed by atoms with Gasteiger partial charge in [0.2, 0.25) is 0 Å². The van der Waals surface area contributed by atoms with E-state index >= 15 is 0 Å². The number of fused-ring (bicyclic) bond motifs is 3. The fraction of sp³-hybridized carbons (Fsp3) is 0.476. The van der Waals surface area contributed by atoms with Crippen molar-refractivity contribution in [2.24, 2.45) is 0 Å². The van der Waals surface area contributed by atoms with Gasteiger partial charge in [0.15, 0.2) is 5.82 Å². The Morgan fingerprint density at radius 1 is 1.14 bits per heavy atom. The van der Waals surface area contributed by atoms with Crippen LogP contribution in [0.3, 0.4) is 0 Å². The van der Waals surface area contributed by atoms with Crippen molar-refractivity contribution in [2.45, 2.75) is 45.2 Å². The molecule has 152 valence electrons. The Morgan fingerprint density at radius 3 is 2.62 bits per heavy atom. The molecule has 8 heteroatoms. The van der Waals surface area contributed by atoms with Gasteiger partial charge in [-0.3, -0.25) is 0 Å². The topological polar surface area (TPSA) is 88.6 Å². The first kappa shape index (κ1) is 18.3. The highest BCUT2D eigenvalue weighted by Crippen LogP contribution is 2.35. The Bertz CT molecular complexity index is 905. The summed E-state index contributed by atoms with van der Waals surface area (Å²) in [6, 6.07) is 7.39. The predicted molar refractivity (Wildman–Crippen MR) is 109 cm³/mol. The molecule has 0 radical (unpaired) electrons. The summed E-state index contributed by atoms with van der Waals surface area (Å²) in [5.74, 6) is 1.67. The number of carbonyl (C=O) groups is 1. The maximum Gasteiger partial charge on any atom is 0.319 e. The average Bonchev–Trinajstić information content (AvgIpc) is 3.33. The Morgan fingerprint density at radius 2 is 1.90 bits per heavy atom. The van der Waals surface area contributed by atoms with Crippen LogP contribution in [-0.4, -0.2) is 47.8 Å². The molecular formula is C21H25N5O3. The summed E-state index contributed by atoms with van der Waals surface area (Å²) in [5, 5.41) is 5.53. The van der Waals surface area contributed by atoms with Crippen molar-refractivity contribution in [1.29, 1.82) is 0 Å². The van der Waals surface area contributed by atoms with Gasteiger partial charge in [-0.15, -0.1) is 0 Å². The first-order chi connectivity index (χ1) is 14.2. The quantitative estimate of drug-likeness (QED) is 0.828. The molecule has 1 aromatic heterocycles. The molecule has 0 aliphatic carbocycles. The van der Waals surface area contributed by atoms with Gasteiger partial charge in [-0.05, 0) is 44.0 Å². The van der Waals surface area contributed by atoms with E-state index in [4.69, 9.17) is 19.4 Å². The summed E-state index contributed by atoms with van der Waals surface area (Å²) in [6.45, 7) is 5.29. The number of nitrogens with zero attached hydrogens (tertiary/aromatic N) is 3. The third-order valence-electron chi connectivity index (χ3n) is 5.64. The highest BCUT2D eigenvalue weighted by Gasteiger charge is 2.36. The van der Waals surface area contributed by atoms with Gasteiger partial charge in [-0.2, -0.15) is 0 Å². The van der Waals surface area contributed by atoms with Crippen molar-refractivity contribution in [2.75, 3.05) is 29.9 Å². The van der Waals surface area contributed by atoms with E-state index in [1.165, 1.54) is 0 Å². The van der Waals surface area contributed by atoms with E-state index in [0.717, 1.165) is 54.3 Å². The largest absolute Gasteiger partial charge is 0.371 e. The maximum atomic E-state index is 11.7. The minimum atomic E-state index is -0.213. The van der Waals surface area contributed by atoms with E-state index in [2.05, 4.69) is 15.5 Å². The van der Waals surface area contributed by atoms with E-state index in [9.17, 15) is 4.79 Å². The summed E-state index contributed by atoms with van der Waals surface area (Å²) in [4.78, 5) is 23.7. The molecule has 29 heavy (non-hydrogen) atoms. The highest BCUT2D eigenvalue weighted by molar-refractivity contribution is 5.89. The monoisotopic (exact) mass is 395 g/mol. The van der Waals surface area contributed by atoms with Crippen molar-refractivity contribution >= 4 is 17.5 Å². The van der Waals surface area contributed by atoms with Crippen molar-refractivity contribution in [3.05, 3.63) is 35.5 Å². The number of urea groups is 1. The van der Waals surface area contributed by atoms with Crippen LogP contribution in [0.1, 0.15) is 31.0 Å². The van der Waals surface area contributed by atoms with Gasteiger partial charge in [0.25, 0.3) is 0 Å². The summed E-state index contributed by atoms with van der Waals surface area (Å²) in [7, 11) is 0. The molecule has 2 atom stereocenters. The van der Waals surface area contributed by atoms with E-state index in [-0.39, 0.29) is 6.03 Å². The number of amides is 2. The minimum Gasteiger partial charge on any atom is -0.371 e. The van der Waals surface area contributed by atoms with Crippen LogP contribution in [-0.2, 0) is 22.7 Å². The Hall–Kier alpha value is -2.71. The Labute approximate surface area is 169 Å². The molecule has 0 unspecified atom stereocenters. The molecule has 2 N–H and O–H groups in total. The van der Waals surface area contributed by atoms with E-state index in [0.29, 0.717) is 37.8 Å². The Balaban J connectivity index is 1.43. The van der Waals surface area contributed by atoms with Crippen LogP contribution < -0.4 is 15.5 Å². The lowest BCUT2D eigenvalue weighted by Gasteiger charge is -2.34. The first-order valence-electron chi connectivity index (χ1n) is 10.2. The first-order valence-corrected chi connectivity index (χ1v) is 10.2. The molecule has 0 spiro atoms. The van der Waals surface area contributed by atoms with E-state index in [1.807, 2.05) is 31.2 Å². The molecular weight excluding hydrogens is 370 g/mol. The second-order valence-corrected chi connectivity index (χ2v) is 7.71. The lowest BCUT2D eigenvalue weighted by atomic mass is 10.1. The van der Waals surface area contributed by atoms with E-state index < -0.39 is 0 Å². The summed E-state index contributed by atoms with van der Waals surface area (Å²) >= 11 is 0. The minimum absolute atomic E-state index is 0.213. The normalized spacial score (nSPS) is 22.4. The second-order valence-electron chi connectivity index (χ2n) is 7.71. The summed E-state index contributed by atoms with van der Waals surface area (Å²) in [5.41, 5.74) is 3.71. The van der Waals surface area contributed by atoms with Gasteiger partial charge in [-0.1, -0.05) is 0 Å². The average molecular weight is 395 g/mol. The van der Waals surface area contributed by atoms with Crippen LogP contribution in [0.2, 0.25) is 0 Å². The van der Waals surface area contributed by atoms with Gasteiger partial charge in [0.1, 0.15) is 5.82 Å². The number of hydrogen-bond donors (Lipinski definition) is 2. The Kier molecular flexibility index (Phi) is 4.81.